The van der Waals surface area contributed by atoms with Crippen molar-refractivity contribution in [2.24, 2.45) is 0 Å². The Morgan fingerprint density at radius 1 is 0.814 bits per heavy atom. The van der Waals surface area contributed by atoms with Crippen LogP contribution in [0.1, 0.15) is 59.9 Å². The first-order valence-electron chi connectivity index (χ1n) is 17.8. The number of hydrogen-bond donors (Lipinski definition) is 2. The molecule has 1 aliphatic rings. The van der Waals surface area contributed by atoms with E-state index in [2.05, 4.69) is 14.6 Å². The van der Waals surface area contributed by atoms with E-state index in [0.717, 1.165) is 21.4 Å². The maximum atomic E-state index is 14.1. The van der Waals surface area contributed by atoms with E-state index in [9.17, 15) is 43.3 Å². The highest BCUT2D eigenvalue weighted by atomic mass is 31.3. The van der Waals surface area contributed by atoms with Gasteiger partial charge in [-0.2, -0.15) is 4.31 Å². The van der Waals surface area contributed by atoms with Gasteiger partial charge < -0.3 is 43.2 Å². The van der Waals surface area contributed by atoms with E-state index in [0.29, 0.717) is 11.0 Å². The van der Waals surface area contributed by atoms with Crippen molar-refractivity contribution in [1.82, 2.24) is 14.3 Å². The first-order chi connectivity index (χ1) is 27.8. The van der Waals surface area contributed by atoms with Crippen molar-refractivity contribution in [2.45, 2.75) is 97.4 Å². The average molecular weight is 882 g/mol. The van der Waals surface area contributed by atoms with Crippen LogP contribution in [0.3, 0.4) is 0 Å². The third-order valence-corrected chi connectivity index (χ3v) is 10.8. The maximum absolute atomic E-state index is 14.1. The molecule has 24 nitrogen and oxygen atoms in total. The van der Waals surface area contributed by atoms with Crippen LogP contribution >= 0.6 is 15.6 Å². The summed E-state index contributed by atoms with van der Waals surface area (Å²) in [5.74, 6) is -0.819. The quantitative estimate of drug-likeness (QED) is 0.0669. The molecule has 1 saturated heterocycles. The molecule has 26 heteroatoms. The monoisotopic (exact) mass is 881 g/mol. The van der Waals surface area contributed by atoms with E-state index >= 15 is 0 Å². The summed E-state index contributed by atoms with van der Waals surface area (Å²) < 4.78 is 89.8. The number of carbonyl (C=O) groups is 3. The number of phosphoric acid groups is 2. The Labute approximate surface area is 335 Å². The van der Waals surface area contributed by atoms with E-state index in [4.69, 9.17) is 45.9 Å². The van der Waals surface area contributed by atoms with Crippen LogP contribution in [-0.4, -0.2) is 106 Å². The van der Waals surface area contributed by atoms with Gasteiger partial charge in [-0.15, -0.1) is 0 Å². The van der Waals surface area contributed by atoms with Gasteiger partial charge in [-0.05, 0) is 53.7 Å². The summed E-state index contributed by atoms with van der Waals surface area (Å²) in [7, 11) is -10.7. The molecule has 1 aromatic carbocycles. The number of rotatable bonds is 21. The van der Waals surface area contributed by atoms with Gasteiger partial charge in [0.1, 0.15) is 24.0 Å². The Morgan fingerprint density at radius 2 is 1.41 bits per heavy atom. The lowest BCUT2D eigenvalue weighted by molar-refractivity contribution is -0.148. The molecule has 0 bridgehead atoms. The van der Waals surface area contributed by atoms with Gasteiger partial charge in [-0.1, -0.05) is 17.3 Å². The number of phosphoric ester groups is 2. The van der Waals surface area contributed by atoms with Gasteiger partial charge in [0.25, 0.3) is 5.56 Å². The highest BCUT2D eigenvalue weighted by Crippen LogP contribution is 2.66. The van der Waals surface area contributed by atoms with E-state index in [1.165, 1.54) is 27.7 Å². The predicted octanol–water partition coefficient (Wildman–Crippen LogP) is 3.50. The van der Waals surface area contributed by atoms with E-state index in [1.807, 2.05) is 0 Å². The highest BCUT2D eigenvalue weighted by Gasteiger charge is 2.48. The van der Waals surface area contributed by atoms with Gasteiger partial charge in [0.15, 0.2) is 11.8 Å². The molecule has 59 heavy (non-hydrogen) atoms. The zero-order chi connectivity index (χ0) is 43.5. The van der Waals surface area contributed by atoms with Crippen molar-refractivity contribution >= 4 is 44.9 Å². The summed E-state index contributed by atoms with van der Waals surface area (Å²) in [5, 5.41) is 26.4. The van der Waals surface area contributed by atoms with Crippen LogP contribution in [-0.2, 0) is 71.3 Å². The number of hydrogen-bond acceptors (Lipinski definition) is 22. The van der Waals surface area contributed by atoms with Gasteiger partial charge in [-0.3, -0.25) is 27.8 Å². The number of ether oxygens (including phenoxy) is 6. The second-order valence-electron chi connectivity index (χ2n) is 13.1. The number of carbonyl (C=O) groups excluding carboxylic acids is 3. The number of para-hydroxylation sites is 1. The van der Waals surface area contributed by atoms with Crippen molar-refractivity contribution in [1.29, 1.82) is 0 Å². The van der Waals surface area contributed by atoms with Crippen LogP contribution in [0.15, 0.2) is 50.6 Å². The van der Waals surface area contributed by atoms with Gasteiger partial charge in [0.05, 0.1) is 44.5 Å². The topological polar surface area (TPSA) is 297 Å². The molecule has 0 amide bonds. The molecule has 328 valence electrons. The minimum absolute atomic E-state index is 0.249. The molecule has 0 spiro atoms. The molecule has 4 rings (SSSR count). The number of esters is 1. The van der Waals surface area contributed by atoms with E-state index in [1.54, 1.807) is 38.1 Å². The lowest BCUT2D eigenvalue weighted by Gasteiger charge is -2.24. The molecule has 1 aliphatic heterocycles. The largest absolute Gasteiger partial charge is 0.510 e. The third kappa shape index (κ3) is 13.8. The summed E-state index contributed by atoms with van der Waals surface area (Å²) in [6.45, 7) is 4.57. The van der Waals surface area contributed by atoms with Crippen LogP contribution in [0.4, 0.5) is 9.59 Å². The number of aliphatic hydroxyl groups is 2. The maximum Gasteiger partial charge on any atom is 0.510 e. The number of nitrogens with zero attached hydrogens (tertiary/aromatic N) is 3. The van der Waals surface area contributed by atoms with Crippen molar-refractivity contribution in [3.63, 3.8) is 0 Å². The fraction of sp³-hybridized carbons (Fsp3) is 0.576. The summed E-state index contributed by atoms with van der Waals surface area (Å²) in [5.41, 5.74) is -1.07. The van der Waals surface area contributed by atoms with Gasteiger partial charge in [-0.25, -0.2) is 32.6 Å². The van der Waals surface area contributed by atoms with Gasteiger partial charge in [0.2, 0.25) is 13.6 Å². The molecule has 3 heterocycles. The molecular formula is C33H45N3O21P2. The van der Waals surface area contributed by atoms with E-state index < -0.39 is 121 Å². The summed E-state index contributed by atoms with van der Waals surface area (Å²) in [4.78, 5) is 62.3. The number of fused-ring (bicyclic) bond motifs is 1. The van der Waals surface area contributed by atoms with Gasteiger partial charge in [0, 0.05) is 17.6 Å². The zero-order valence-electron chi connectivity index (χ0n) is 32.6. The number of aliphatic hydroxyl groups excluding tert-OH is 2. The Balaban J connectivity index is 1.55. The van der Waals surface area contributed by atoms with Crippen molar-refractivity contribution in [3.8, 4) is 0 Å². The second kappa shape index (κ2) is 21.2. The van der Waals surface area contributed by atoms with Crippen LogP contribution in [0.2, 0.25) is 0 Å². The van der Waals surface area contributed by atoms with Crippen molar-refractivity contribution < 1.29 is 89.1 Å². The molecule has 2 aromatic heterocycles. The summed E-state index contributed by atoms with van der Waals surface area (Å²) in [6.07, 6.45) is -11.0. The average Bonchev–Trinajstić information content (AvgIpc) is 3.67. The Bertz CT molecular complexity index is 2080. The normalized spacial score (nSPS) is 19.2. The lowest BCUT2D eigenvalue weighted by Crippen LogP contribution is -2.43. The molecule has 2 unspecified atom stereocenters. The zero-order valence-corrected chi connectivity index (χ0v) is 34.4. The lowest BCUT2D eigenvalue weighted by atomic mass is 10.1. The van der Waals surface area contributed by atoms with E-state index in [-0.39, 0.29) is 12.2 Å². The molecule has 3 aromatic rings. The molecule has 0 saturated carbocycles. The Morgan fingerprint density at radius 3 is 2.02 bits per heavy atom. The minimum Gasteiger partial charge on any atom is -0.463 e. The molecule has 1 fully saturated rings. The molecule has 2 N–H and O–H groups in total. The Hall–Kier alpha value is -4.48. The molecule has 0 radical (unpaired) electrons. The fourth-order valence-corrected chi connectivity index (χ4v) is 7.81. The Kier molecular flexibility index (Phi) is 16.9. The first-order valence-corrected chi connectivity index (χ1v) is 20.7. The van der Waals surface area contributed by atoms with Crippen LogP contribution < -0.4 is 11.2 Å². The predicted molar refractivity (Wildman–Crippen MR) is 195 cm³/mol. The van der Waals surface area contributed by atoms with Gasteiger partial charge >= 0.3 is 39.6 Å². The fourth-order valence-electron chi connectivity index (χ4n) is 4.92. The standard InChI is InChI=1S/C33H45N3O21P2/c1-19(2)52-27(38)12-14-48-58(44,57-59(45,50-17-46-32(42)53-20(3)4)51-18-47-33(43)54-21(5)6)49-16-25-28(39)29(40)30(55-25)35-13-11-26(37)36(31(35)41)15-23-22-9-7-8-10-24(22)56-34-23/h7-11,13,19-21,25,28-30,39-40H,12,14-18H2,1-6H3/t25-,28+,29?,30-,58?/m1/s1. The van der Waals surface area contributed by atoms with Crippen LogP contribution in [0.25, 0.3) is 11.0 Å². The highest BCUT2D eigenvalue weighted by molar-refractivity contribution is 7.62. The van der Waals surface area contributed by atoms with Crippen molar-refractivity contribution in [3.05, 3.63) is 63.1 Å². The number of benzene rings is 1. The molecule has 0 aliphatic carbocycles. The van der Waals surface area contributed by atoms with Crippen molar-refractivity contribution in [2.75, 3.05) is 26.8 Å². The second-order valence-corrected chi connectivity index (χ2v) is 16.6. The number of aromatic nitrogens is 3. The summed E-state index contributed by atoms with van der Waals surface area (Å²) >= 11 is 0. The first kappa shape index (κ1) is 47.2. The molecule has 5 atom stereocenters. The third-order valence-electron chi connectivity index (χ3n) is 7.43. The SMILES string of the molecule is CC(C)OC(=O)CCOP(=O)(OC[C@H]1O[C@@H](n2ccc(=O)n(Cc3noc4ccccc34)c2=O)C(O)[C@H]1O)OP(=O)(OCOC(=O)OC(C)C)OCOC(=O)OC(C)C. The van der Waals surface area contributed by atoms with Crippen LogP contribution in [0, 0.1) is 0 Å². The van der Waals surface area contributed by atoms with Crippen LogP contribution in [0.5, 0.6) is 0 Å². The minimum atomic E-state index is -5.35. The smallest absolute Gasteiger partial charge is 0.463 e. The summed E-state index contributed by atoms with van der Waals surface area (Å²) in [6, 6.07) is 7.73. The molecular weight excluding hydrogens is 836 g/mol.